The van der Waals surface area contributed by atoms with Gasteiger partial charge in [-0.3, -0.25) is 0 Å². The Hall–Kier alpha value is -1.14. The molecule has 3 heteroatoms. The molecule has 0 unspecified atom stereocenters. The SMILES string of the molecule is CC1=C(C)CC(c2ccc(C)cc2)=[C-]1.CC1=C(C)CC(c2ccc(C)cc2)=[C-]1.[Cl-].[Cl-].[Zr+4]. The fourth-order valence-corrected chi connectivity index (χ4v) is 3.41. The first kappa shape index (κ1) is 29.9. The van der Waals surface area contributed by atoms with Crippen molar-refractivity contribution < 1.29 is 51.0 Å². The van der Waals surface area contributed by atoms with E-state index >= 15 is 0 Å². The molecule has 4 rings (SSSR count). The second kappa shape index (κ2) is 13.4. The van der Waals surface area contributed by atoms with Gasteiger partial charge in [-0.25, -0.2) is 0 Å². The molecule has 0 nitrogen and oxygen atoms in total. The van der Waals surface area contributed by atoms with Crippen LogP contribution < -0.4 is 24.8 Å². The second-order valence-electron chi connectivity index (χ2n) is 8.10. The average molecular weight is 529 g/mol. The third kappa shape index (κ3) is 8.05. The van der Waals surface area contributed by atoms with Crippen LogP contribution in [0, 0.1) is 26.0 Å². The Bertz CT molecular complexity index is 905. The largest absolute Gasteiger partial charge is 4.00 e. The molecule has 0 spiro atoms. The molecule has 2 aliphatic carbocycles. The zero-order valence-corrected chi connectivity index (χ0v) is 23.3. The predicted molar refractivity (Wildman–Crippen MR) is 122 cm³/mol. The average Bonchev–Trinajstić information content (AvgIpc) is 3.18. The molecule has 0 amide bonds. The second-order valence-corrected chi connectivity index (χ2v) is 8.10. The van der Waals surface area contributed by atoms with Crippen LogP contribution in [0.25, 0.3) is 11.1 Å². The number of halogens is 2. The van der Waals surface area contributed by atoms with E-state index in [4.69, 9.17) is 0 Å². The van der Waals surface area contributed by atoms with E-state index in [1.54, 1.807) is 0 Å². The smallest absolute Gasteiger partial charge is 1.00 e. The third-order valence-electron chi connectivity index (χ3n) is 5.64. The normalized spacial score (nSPS) is 14.5. The monoisotopic (exact) mass is 526 g/mol. The fraction of sp³-hybridized carbons (Fsp3) is 0.286. The quantitative estimate of drug-likeness (QED) is 0.522. The molecule has 160 valence electrons. The van der Waals surface area contributed by atoms with Crippen molar-refractivity contribution in [3.05, 3.63) is 105 Å². The number of allylic oxidation sites excluding steroid dienone is 8. The van der Waals surface area contributed by atoms with E-state index in [-0.39, 0.29) is 51.0 Å². The molecule has 31 heavy (non-hydrogen) atoms. The fourth-order valence-electron chi connectivity index (χ4n) is 3.41. The van der Waals surface area contributed by atoms with Gasteiger partial charge in [0.15, 0.2) is 0 Å². The maximum atomic E-state index is 3.44. The Balaban J connectivity index is 0.000000529. The van der Waals surface area contributed by atoms with Crippen LogP contribution in [0.3, 0.4) is 0 Å². The number of hydrogen-bond donors (Lipinski definition) is 0. The molecule has 0 bridgehead atoms. The maximum Gasteiger partial charge on any atom is 4.00 e. The van der Waals surface area contributed by atoms with E-state index in [1.165, 1.54) is 55.7 Å². The van der Waals surface area contributed by atoms with Crippen molar-refractivity contribution in [3.63, 3.8) is 0 Å². The van der Waals surface area contributed by atoms with Gasteiger partial charge in [-0.2, -0.15) is 45.6 Å². The first-order valence-corrected chi connectivity index (χ1v) is 10.1. The molecule has 0 fully saturated rings. The third-order valence-corrected chi connectivity index (χ3v) is 5.64. The summed E-state index contributed by atoms with van der Waals surface area (Å²) in [6, 6.07) is 17.4. The zero-order chi connectivity index (χ0) is 20.3. The van der Waals surface area contributed by atoms with Gasteiger partial charge in [0.1, 0.15) is 0 Å². The van der Waals surface area contributed by atoms with Gasteiger partial charge in [0.25, 0.3) is 0 Å². The molecular weight excluding hydrogens is 498 g/mol. The standard InChI is InChI=1S/2C14H15.2ClH.Zr/c2*1-10-4-6-13(7-5-10)14-8-11(2)12(3)9-14;;;/h2*4-7H,8H2,1-3H3;2*1H;/q2*-1;;;+4/p-2. The minimum atomic E-state index is 0. The molecule has 0 radical (unpaired) electrons. The van der Waals surface area contributed by atoms with Crippen molar-refractivity contribution in [1.82, 2.24) is 0 Å². The molecule has 0 heterocycles. The summed E-state index contributed by atoms with van der Waals surface area (Å²) in [5, 5.41) is 0. The van der Waals surface area contributed by atoms with Crippen LogP contribution in [-0.2, 0) is 26.2 Å². The van der Waals surface area contributed by atoms with Crippen LogP contribution in [0.15, 0.2) is 70.8 Å². The predicted octanol–water partition coefficient (Wildman–Crippen LogP) is 1.85. The molecule has 2 aromatic carbocycles. The topological polar surface area (TPSA) is 0 Å². The molecule has 0 aliphatic heterocycles. The molecule has 2 aliphatic rings. The number of rotatable bonds is 2. The Morgan fingerprint density at radius 1 is 0.516 bits per heavy atom. The van der Waals surface area contributed by atoms with Gasteiger partial charge < -0.3 is 24.8 Å². The summed E-state index contributed by atoms with van der Waals surface area (Å²) in [7, 11) is 0. The van der Waals surface area contributed by atoms with Crippen molar-refractivity contribution in [2.45, 2.75) is 54.4 Å². The van der Waals surface area contributed by atoms with Crippen molar-refractivity contribution in [2.24, 2.45) is 0 Å². The van der Waals surface area contributed by atoms with Crippen LogP contribution in [-0.4, -0.2) is 0 Å². The molecule has 0 saturated carbocycles. The van der Waals surface area contributed by atoms with Crippen LogP contribution in [0.2, 0.25) is 0 Å². The Labute approximate surface area is 220 Å². The first-order chi connectivity index (χ1) is 13.3. The molecule has 0 atom stereocenters. The van der Waals surface area contributed by atoms with E-state index in [0.29, 0.717) is 0 Å². The molecule has 0 N–H and O–H groups in total. The van der Waals surface area contributed by atoms with E-state index in [9.17, 15) is 0 Å². The summed E-state index contributed by atoms with van der Waals surface area (Å²) < 4.78 is 0. The molecular formula is C28H30Cl2Zr. The van der Waals surface area contributed by atoms with Crippen LogP contribution in [0.4, 0.5) is 0 Å². The van der Waals surface area contributed by atoms with Crippen molar-refractivity contribution in [3.8, 4) is 0 Å². The Kier molecular flexibility index (Phi) is 12.9. The summed E-state index contributed by atoms with van der Waals surface area (Å²) in [5.74, 6) is 0. The van der Waals surface area contributed by atoms with Crippen molar-refractivity contribution >= 4 is 11.1 Å². The van der Waals surface area contributed by atoms with E-state index in [2.05, 4.69) is 102 Å². The summed E-state index contributed by atoms with van der Waals surface area (Å²) >= 11 is 0. The van der Waals surface area contributed by atoms with Gasteiger partial charge in [0.2, 0.25) is 0 Å². The number of hydrogen-bond acceptors (Lipinski definition) is 0. The molecule has 0 aromatic heterocycles. The van der Waals surface area contributed by atoms with E-state index < -0.39 is 0 Å². The number of aryl methyl sites for hydroxylation is 2. The Morgan fingerprint density at radius 3 is 1.03 bits per heavy atom. The van der Waals surface area contributed by atoms with Gasteiger partial charge in [-0.05, 0) is 13.8 Å². The van der Waals surface area contributed by atoms with Crippen LogP contribution in [0.5, 0.6) is 0 Å². The van der Waals surface area contributed by atoms with Crippen LogP contribution in [0.1, 0.15) is 62.8 Å². The number of benzene rings is 2. The van der Waals surface area contributed by atoms with E-state index in [1.807, 2.05) is 0 Å². The maximum absolute atomic E-state index is 3.44. The van der Waals surface area contributed by atoms with Gasteiger partial charge in [-0.1, -0.05) is 75.9 Å². The minimum Gasteiger partial charge on any atom is -1.00 e. The van der Waals surface area contributed by atoms with E-state index in [0.717, 1.165) is 12.8 Å². The first-order valence-electron chi connectivity index (χ1n) is 10.1. The summed E-state index contributed by atoms with van der Waals surface area (Å²) in [5.41, 5.74) is 13.4. The van der Waals surface area contributed by atoms with Gasteiger partial charge in [-0.15, -0.1) is 35.4 Å². The summed E-state index contributed by atoms with van der Waals surface area (Å²) in [6.45, 7) is 12.9. The molecule has 0 saturated heterocycles. The van der Waals surface area contributed by atoms with Crippen LogP contribution >= 0.6 is 0 Å². The summed E-state index contributed by atoms with van der Waals surface area (Å²) in [6.07, 6.45) is 9.00. The van der Waals surface area contributed by atoms with Gasteiger partial charge in [0.05, 0.1) is 0 Å². The van der Waals surface area contributed by atoms with Crippen molar-refractivity contribution in [1.29, 1.82) is 0 Å². The molecule has 2 aromatic rings. The Morgan fingerprint density at radius 2 is 0.806 bits per heavy atom. The summed E-state index contributed by atoms with van der Waals surface area (Å²) in [4.78, 5) is 0. The zero-order valence-electron chi connectivity index (χ0n) is 19.3. The minimum absolute atomic E-state index is 0. The van der Waals surface area contributed by atoms with Crippen molar-refractivity contribution in [2.75, 3.05) is 0 Å². The van der Waals surface area contributed by atoms with Gasteiger partial charge >= 0.3 is 26.2 Å². The van der Waals surface area contributed by atoms with Gasteiger partial charge in [0, 0.05) is 0 Å².